The van der Waals surface area contributed by atoms with Crippen LogP contribution in [0.25, 0.3) is 0 Å². The van der Waals surface area contributed by atoms with Gasteiger partial charge < -0.3 is 4.90 Å². The first-order chi connectivity index (χ1) is 8.56. The van der Waals surface area contributed by atoms with Crippen molar-refractivity contribution in [2.75, 3.05) is 13.1 Å². The number of carbonyl (C=O) groups excluding carboxylic acids is 1. The lowest BCUT2D eigenvalue weighted by Gasteiger charge is -2.36. The largest absolute Gasteiger partial charge is 0.341 e. The van der Waals surface area contributed by atoms with Crippen molar-refractivity contribution in [2.45, 2.75) is 32.7 Å². The van der Waals surface area contributed by atoms with Crippen molar-refractivity contribution in [3.05, 3.63) is 12.7 Å². The van der Waals surface area contributed by atoms with E-state index in [1.54, 1.807) is 11.0 Å². The average molecular weight is 247 g/mol. The number of amides is 1. The molecule has 0 N–H and O–H groups in total. The molecule has 2 heterocycles. The molecule has 6 heteroatoms. The van der Waals surface area contributed by atoms with Crippen molar-refractivity contribution < 1.29 is 4.79 Å². The molecular weight excluding hydrogens is 230 g/mol. The van der Waals surface area contributed by atoms with Crippen molar-refractivity contribution in [3.8, 4) is 6.07 Å². The molecule has 0 saturated carbocycles. The van der Waals surface area contributed by atoms with Crippen LogP contribution >= 0.6 is 0 Å². The molecule has 1 atom stereocenters. The third-order valence-corrected chi connectivity index (χ3v) is 3.64. The highest BCUT2D eigenvalue weighted by Crippen LogP contribution is 2.30. The molecule has 1 aliphatic heterocycles. The highest BCUT2D eigenvalue weighted by Gasteiger charge is 2.33. The molecule has 0 spiro atoms. The van der Waals surface area contributed by atoms with Crippen LogP contribution in [-0.4, -0.2) is 38.7 Å². The number of carbonyl (C=O) groups is 1. The van der Waals surface area contributed by atoms with Gasteiger partial charge in [0.1, 0.15) is 18.7 Å². The highest BCUT2D eigenvalue weighted by molar-refractivity contribution is 5.80. The Kier molecular flexibility index (Phi) is 3.32. The lowest BCUT2D eigenvalue weighted by molar-refractivity contribution is -0.136. The van der Waals surface area contributed by atoms with Crippen LogP contribution in [0, 0.1) is 16.7 Å². The molecule has 1 aromatic rings. The molecule has 1 saturated heterocycles. The van der Waals surface area contributed by atoms with E-state index in [4.69, 9.17) is 5.26 Å². The third kappa shape index (κ3) is 2.35. The second kappa shape index (κ2) is 4.77. The highest BCUT2D eigenvalue weighted by atomic mass is 16.2. The molecule has 1 aliphatic rings. The number of nitrogens with zero attached hydrogens (tertiary/aromatic N) is 5. The molecule has 2 rings (SSSR count). The van der Waals surface area contributed by atoms with Gasteiger partial charge in [-0.3, -0.25) is 4.79 Å². The normalized spacial score (nSPS) is 20.2. The molecule has 0 aromatic carbocycles. The van der Waals surface area contributed by atoms with E-state index in [1.165, 1.54) is 6.33 Å². The minimum atomic E-state index is -0.334. The van der Waals surface area contributed by atoms with Crippen LogP contribution in [0.15, 0.2) is 12.7 Å². The molecule has 18 heavy (non-hydrogen) atoms. The summed E-state index contributed by atoms with van der Waals surface area (Å²) in [5.41, 5.74) is -0.284. The minimum absolute atomic E-state index is 0.0421. The van der Waals surface area contributed by atoms with Crippen molar-refractivity contribution in [1.82, 2.24) is 19.7 Å². The molecule has 1 amide bonds. The summed E-state index contributed by atoms with van der Waals surface area (Å²) < 4.78 is 1.56. The number of likely N-dealkylation sites (tertiary alicyclic amines) is 1. The molecule has 96 valence electrons. The Morgan fingerprint density at radius 1 is 1.50 bits per heavy atom. The van der Waals surface area contributed by atoms with E-state index in [2.05, 4.69) is 16.2 Å². The fourth-order valence-electron chi connectivity index (χ4n) is 2.13. The van der Waals surface area contributed by atoms with Gasteiger partial charge >= 0.3 is 0 Å². The van der Waals surface area contributed by atoms with Crippen LogP contribution in [0.5, 0.6) is 0 Å². The predicted molar refractivity (Wildman–Crippen MR) is 64.3 cm³/mol. The number of hydrogen-bond acceptors (Lipinski definition) is 4. The van der Waals surface area contributed by atoms with Crippen molar-refractivity contribution in [3.63, 3.8) is 0 Å². The Morgan fingerprint density at radius 2 is 2.17 bits per heavy atom. The van der Waals surface area contributed by atoms with E-state index in [0.29, 0.717) is 13.1 Å². The van der Waals surface area contributed by atoms with Gasteiger partial charge in [0.15, 0.2) is 0 Å². The maximum absolute atomic E-state index is 12.3. The Hall–Kier alpha value is -1.90. The summed E-state index contributed by atoms with van der Waals surface area (Å²) in [6.07, 6.45) is 4.44. The average Bonchev–Trinajstić information content (AvgIpc) is 2.92. The first kappa shape index (κ1) is 12.6. The fourth-order valence-corrected chi connectivity index (χ4v) is 2.13. The molecule has 0 bridgehead atoms. The number of rotatable bonds is 2. The summed E-state index contributed by atoms with van der Waals surface area (Å²) >= 11 is 0. The second-order valence-corrected chi connectivity index (χ2v) is 5.05. The summed E-state index contributed by atoms with van der Waals surface area (Å²) in [4.78, 5) is 17.9. The van der Waals surface area contributed by atoms with Crippen LogP contribution < -0.4 is 0 Å². The summed E-state index contributed by atoms with van der Waals surface area (Å²) in [5, 5.41) is 13.0. The van der Waals surface area contributed by atoms with Gasteiger partial charge in [-0.05, 0) is 26.7 Å². The zero-order valence-electron chi connectivity index (χ0n) is 10.7. The lowest BCUT2D eigenvalue weighted by atomic mass is 9.82. The third-order valence-electron chi connectivity index (χ3n) is 3.64. The van der Waals surface area contributed by atoms with Gasteiger partial charge in [0.05, 0.1) is 11.5 Å². The summed E-state index contributed by atoms with van der Waals surface area (Å²) in [7, 11) is 0. The zero-order valence-corrected chi connectivity index (χ0v) is 10.7. The van der Waals surface area contributed by atoms with Crippen molar-refractivity contribution >= 4 is 5.91 Å². The first-order valence-corrected chi connectivity index (χ1v) is 6.10. The SMILES string of the molecule is CC(C(=O)N1CCC(C)(C#N)CC1)n1cncn1. The monoisotopic (exact) mass is 247 g/mol. The molecule has 0 aliphatic carbocycles. The molecule has 0 radical (unpaired) electrons. The Labute approximate surface area is 106 Å². The van der Waals surface area contributed by atoms with Crippen molar-refractivity contribution in [2.24, 2.45) is 5.41 Å². The van der Waals surface area contributed by atoms with Crippen LogP contribution in [-0.2, 0) is 4.79 Å². The summed E-state index contributed by atoms with van der Waals surface area (Å²) in [6.45, 7) is 5.05. The van der Waals surface area contributed by atoms with E-state index in [-0.39, 0.29) is 17.4 Å². The number of aromatic nitrogens is 3. The molecule has 1 unspecified atom stereocenters. The van der Waals surface area contributed by atoms with Crippen molar-refractivity contribution in [1.29, 1.82) is 5.26 Å². The molecule has 1 aromatic heterocycles. The topological polar surface area (TPSA) is 74.8 Å². The van der Waals surface area contributed by atoms with E-state index in [1.807, 2.05) is 18.7 Å². The van der Waals surface area contributed by atoms with Gasteiger partial charge in [0.2, 0.25) is 5.91 Å². The number of nitriles is 1. The minimum Gasteiger partial charge on any atom is -0.341 e. The Bertz CT molecular complexity index is 453. The van der Waals surface area contributed by atoms with Gasteiger partial charge in [0.25, 0.3) is 0 Å². The van der Waals surface area contributed by atoms with E-state index >= 15 is 0 Å². The van der Waals surface area contributed by atoms with Crippen LogP contribution in [0.1, 0.15) is 32.7 Å². The van der Waals surface area contributed by atoms with Gasteiger partial charge in [-0.1, -0.05) is 0 Å². The number of piperidine rings is 1. The predicted octanol–water partition coefficient (Wildman–Crippen LogP) is 0.991. The van der Waals surface area contributed by atoms with Crippen LogP contribution in [0.3, 0.4) is 0 Å². The zero-order chi connectivity index (χ0) is 13.2. The van der Waals surface area contributed by atoms with Crippen LogP contribution in [0.2, 0.25) is 0 Å². The number of hydrogen-bond donors (Lipinski definition) is 0. The van der Waals surface area contributed by atoms with Crippen LogP contribution in [0.4, 0.5) is 0 Å². The standard InChI is InChI=1S/C12H17N5O/c1-10(17-9-14-8-15-17)11(18)16-5-3-12(2,7-13)4-6-16/h8-10H,3-6H2,1-2H3. The Balaban J connectivity index is 1.98. The maximum atomic E-state index is 12.3. The van der Waals surface area contributed by atoms with E-state index in [0.717, 1.165) is 12.8 Å². The summed E-state index contributed by atoms with van der Waals surface area (Å²) in [6, 6.07) is 2.00. The molecule has 1 fully saturated rings. The summed E-state index contributed by atoms with van der Waals surface area (Å²) in [5.74, 6) is 0.0421. The smallest absolute Gasteiger partial charge is 0.247 e. The second-order valence-electron chi connectivity index (χ2n) is 5.05. The van der Waals surface area contributed by atoms with Gasteiger partial charge in [-0.25, -0.2) is 9.67 Å². The lowest BCUT2D eigenvalue weighted by Crippen LogP contribution is -2.44. The van der Waals surface area contributed by atoms with Gasteiger partial charge in [-0.15, -0.1) is 0 Å². The molecule has 6 nitrogen and oxygen atoms in total. The van der Waals surface area contributed by atoms with Gasteiger partial charge in [0, 0.05) is 13.1 Å². The fraction of sp³-hybridized carbons (Fsp3) is 0.667. The first-order valence-electron chi connectivity index (χ1n) is 6.10. The van der Waals surface area contributed by atoms with E-state index < -0.39 is 0 Å². The molecular formula is C12H17N5O. The Morgan fingerprint density at radius 3 is 2.67 bits per heavy atom. The van der Waals surface area contributed by atoms with E-state index in [9.17, 15) is 4.79 Å². The van der Waals surface area contributed by atoms with Gasteiger partial charge in [-0.2, -0.15) is 10.4 Å². The maximum Gasteiger partial charge on any atom is 0.247 e. The quantitative estimate of drug-likeness (QED) is 0.781.